The lowest BCUT2D eigenvalue weighted by Crippen LogP contribution is -2.32. The van der Waals surface area contributed by atoms with Crippen molar-refractivity contribution in [1.82, 2.24) is 5.32 Å². The molecule has 7 heteroatoms. The molecule has 0 aliphatic heterocycles. The van der Waals surface area contributed by atoms with Gasteiger partial charge in [0.1, 0.15) is 17.6 Å². The molecule has 0 spiro atoms. The molecular weight excluding hydrogens is 332 g/mol. The number of amides is 2. The first-order valence-electron chi connectivity index (χ1n) is 7.24. The third-order valence-electron chi connectivity index (χ3n) is 3.35. The second-order valence-electron chi connectivity index (χ2n) is 4.97. The Morgan fingerprint density at radius 3 is 2.50 bits per heavy atom. The highest BCUT2D eigenvalue weighted by Gasteiger charge is 2.15. The van der Waals surface area contributed by atoms with Crippen molar-refractivity contribution in [3.05, 3.63) is 53.1 Å². The highest BCUT2D eigenvalue weighted by atomic mass is 35.5. The summed E-state index contributed by atoms with van der Waals surface area (Å²) in [5.41, 5.74) is 1.13. The first-order valence-corrected chi connectivity index (χ1v) is 7.61. The van der Waals surface area contributed by atoms with Crippen molar-refractivity contribution in [1.29, 1.82) is 0 Å². The monoisotopic (exact) mass is 350 g/mol. The SMILES string of the molecule is COc1ccc(OC)c(C(O)CNC(=O)Nc2ccc(Cl)cc2)c1. The molecule has 2 rings (SSSR count). The summed E-state index contributed by atoms with van der Waals surface area (Å²) in [5.74, 6) is 1.11. The fourth-order valence-electron chi connectivity index (χ4n) is 2.11. The molecule has 6 nitrogen and oxygen atoms in total. The summed E-state index contributed by atoms with van der Waals surface area (Å²) in [6.45, 7) is 0.0168. The van der Waals surface area contributed by atoms with Gasteiger partial charge in [0, 0.05) is 22.8 Å². The lowest BCUT2D eigenvalue weighted by atomic mass is 10.1. The third-order valence-corrected chi connectivity index (χ3v) is 3.61. The Morgan fingerprint density at radius 1 is 1.17 bits per heavy atom. The second-order valence-corrected chi connectivity index (χ2v) is 5.40. The first-order chi connectivity index (χ1) is 11.5. The molecule has 3 N–H and O–H groups in total. The third kappa shape index (κ3) is 4.78. The van der Waals surface area contributed by atoms with Crippen LogP contribution in [-0.4, -0.2) is 31.9 Å². The van der Waals surface area contributed by atoms with E-state index in [1.807, 2.05) is 0 Å². The Hall–Kier alpha value is -2.44. The zero-order valence-corrected chi connectivity index (χ0v) is 14.1. The van der Waals surface area contributed by atoms with Crippen LogP contribution in [0.25, 0.3) is 0 Å². The Labute approximate surface area is 145 Å². The van der Waals surface area contributed by atoms with Crippen LogP contribution in [0.3, 0.4) is 0 Å². The minimum Gasteiger partial charge on any atom is -0.497 e. The van der Waals surface area contributed by atoms with E-state index in [0.29, 0.717) is 27.8 Å². The fourth-order valence-corrected chi connectivity index (χ4v) is 2.23. The average Bonchev–Trinajstić information content (AvgIpc) is 2.61. The predicted molar refractivity (Wildman–Crippen MR) is 93.0 cm³/mol. The summed E-state index contributed by atoms with van der Waals surface area (Å²) in [6.07, 6.45) is -0.939. The summed E-state index contributed by atoms with van der Waals surface area (Å²) < 4.78 is 10.4. The fraction of sp³-hybridized carbons (Fsp3) is 0.235. The minimum absolute atomic E-state index is 0.0168. The van der Waals surface area contributed by atoms with Gasteiger partial charge in [-0.15, -0.1) is 0 Å². The van der Waals surface area contributed by atoms with Gasteiger partial charge in [-0.1, -0.05) is 11.6 Å². The maximum atomic E-state index is 11.9. The van der Waals surface area contributed by atoms with Gasteiger partial charge in [-0.25, -0.2) is 4.79 Å². The zero-order valence-electron chi connectivity index (χ0n) is 13.4. The Balaban J connectivity index is 1.95. The summed E-state index contributed by atoms with van der Waals surface area (Å²) in [7, 11) is 3.05. The van der Waals surface area contributed by atoms with Crippen molar-refractivity contribution in [2.24, 2.45) is 0 Å². The van der Waals surface area contributed by atoms with Crippen LogP contribution in [0.5, 0.6) is 11.5 Å². The smallest absolute Gasteiger partial charge is 0.319 e. The molecule has 0 aromatic heterocycles. The van der Waals surface area contributed by atoms with E-state index in [1.165, 1.54) is 14.2 Å². The first kappa shape index (κ1) is 17.9. The molecule has 0 aliphatic rings. The van der Waals surface area contributed by atoms with Gasteiger partial charge in [0.2, 0.25) is 0 Å². The van der Waals surface area contributed by atoms with E-state index < -0.39 is 12.1 Å². The molecule has 2 aromatic carbocycles. The topological polar surface area (TPSA) is 79.8 Å². The van der Waals surface area contributed by atoms with E-state index in [9.17, 15) is 9.90 Å². The highest BCUT2D eigenvalue weighted by molar-refractivity contribution is 6.30. The number of anilines is 1. The molecule has 0 aliphatic carbocycles. The summed E-state index contributed by atoms with van der Waals surface area (Å²) in [6, 6.07) is 11.4. The lowest BCUT2D eigenvalue weighted by molar-refractivity contribution is 0.170. The Morgan fingerprint density at radius 2 is 1.88 bits per heavy atom. The normalized spacial score (nSPS) is 11.5. The van der Waals surface area contributed by atoms with Crippen LogP contribution >= 0.6 is 11.6 Å². The number of ether oxygens (including phenoxy) is 2. The number of carbonyl (C=O) groups excluding carboxylic acids is 1. The molecule has 1 unspecified atom stereocenters. The van der Waals surface area contributed by atoms with Crippen LogP contribution in [0.4, 0.5) is 10.5 Å². The number of halogens is 1. The Bertz CT molecular complexity index is 691. The maximum absolute atomic E-state index is 11.9. The number of rotatable bonds is 6. The second kappa shape index (κ2) is 8.42. The van der Waals surface area contributed by atoms with Crippen molar-refractivity contribution in [3.63, 3.8) is 0 Å². The maximum Gasteiger partial charge on any atom is 0.319 e. The zero-order chi connectivity index (χ0) is 17.5. The van der Waals surface area contributed by atoms with Crippen molar-refractivity contribution in [2.45, 2.75) is 6.10 Å². The van der Waals surface area contributed by atoms with Crippen LogP contribution in [0.1, 0.15) is 11.7 Å². The standard InChI is InChI=1S/C17H19ClN2O4/c1-23-13-7-8-16(24-2)14(9-13)15(21)10-19-17(22)20-12-5-3-11(18)4-6-12/h3-9,15,21H,10H2,1-2H3,(H2,19,20,22). The molecule has 0 saturated carbocycles. The van der Waals surface area contributed by atoms with Crippen LogP contribution in [0.2, 0.25) is 5.02 Å². The number of hydrogen-bond acceptors (Lipinski definition) is 4. The van der Waals surface area contributed by atoms with Crippen LogP contribution in [-0.2, 0) is 0 Å². The molecule has 1 atom stereocenters. The van der Waals surface area contributed by atoms with E-state index >= 15 is 0 Å². The number of methoxy groups -OCH3 is 2. The molecule has 0 heterocycles. The molecule has 0 saturated heterocycles. The number of aliphatic hydroxyl groups is 1. The Kier molecular flexibility index (Phi) is 6.28. The molecular formula is C17H19ClN2O4. The molecule has 24 heavy (non-hydrogen) atoms. The number of nitrogens with one attached hydrogen (secondary N) is 2. The van der Waals surface area contributed by atoms with Crippen molar-refractivity contribution in [2.75, 3.05) is 26.1 Å². The van der Waals surface area contributed by atoms with Gasteiger partial charge in [0.15, 0.2) is 0 Å². The van der Waals surface area contributed by atoms with Gasteiger partial charge in [-0.05, 0) is 42.5 Å². The van der Waals surface area contributed by atoms with Gasteiger partial charge < -0.3 is 25.2 Å². The summed E-state index contributed by atoms with van der Waals surface area (Å²) in [5, 5.41) is 16.1. The molecule has 2 aromatic rings. The van der Waals surface area contributed by atoms with Crippen LogP contribution in [0, 0.1) is 0 Å². The predicted octanol–water partition coefficient (Wildman–Crippen LogP) is 3.21. The van der Waals surface area contributed by atoms with E-state index in [-0.39, 0.29) is 6.54 Å². The van der Waals surface area contributed by atoms with Gasteiger partial charge in [0.25, 0.3) is 0 Å². The summed E-state index contributed by atoms with van der Waals surface area (Å²) in [4.78, 5) is 11.9. The number of benzene rings is 2. The van der Waals surface area contributed by atoms with Crippen LogP contribution < -0.4 is 20.1 Å². The molecule has 128 valence electrons. The van der Waals surface area contributed by atoms with Gasteiger partial charge in [-0.2, -0.15) is 0 Å². The van der Waals surface area contributed by atoms with Crippen LogP contribution in [0.15, 0.2) is 42.5 Å². The molecule has 2 amide bonds. The number of urea groups is 1. The molecule has 0 radical (unpaired) electrons. The van der Waals surface area contributed by atoms with Gasteiger partial charge in [0.05, 0.1) is 14.2 Å². The number of hydrogen-bond donors (Lipinski definition) is 3. The van der Waals surface area contributed by atoms with Crippen molar-refractivity contribution < 1.29 is 19.4 Å². The van der Waals surface area contributed by atoms with Gasteiger partial charge in [-0.3, -0.25) is 0 Å². The molecule has 0 fully saturated rings. The van der Waals surface area contributed by atoms with E-state index in [1.54, 1.807) is 42.5 Å². The number of carbonyl (C=O) groups is 1. The lowest BCUT2D eigenvalue weighted by Gasteiger charge is -2.17. The quantitative estimate of drug-likeness (QED) is 0.747. The average molecular weight is 351 g/mol. The van der Waals surface area contributed by atoms with Crippen molar-refractivity contribution >= 4 is 23.3 Å². The van der Waals surface area contributed by atoms with E-state index in [4.69, 9.17) is 21.1 Å². The largest absolute Gasteiger partial charge is 0.497 e. The van der Waals surface area contributed by atoms with E-state index in [0.717, 1.165) is 0 Å². The number of aliphatic hydroxyl groups excluding tert-OH is 1. The van der Waals surface area contributed by atoms with Crippen molar-refractivity contribution in [3.8, 4) is 11.5 Å². The molecule has 0 bridgehead atoms. The summed E-state index contributed by atoms with van der Waals surface area (Å²) >= 11 is 5.79. The highest BCUT2D eigenvalue weighted by Crippen LogP contribution is 2.29. The van der Waals surface area contributed by atoms with Gasteiger partial charge >= 0.3 is 6.03 Å². The minimum atomic E-state index is -0.939. The van der Waals surface area contributed by atoms with E-state index in [2.05, 4.69) is 10.6 Å².